The molecule has 0 saturated carbocycles. The van der Waals surface area contributed by atoms with Crippen LogP contribution in [0.25, 0.3) is 0 Å². The van der Waals surface area contributed by atoms with Crippen LogP contribution < -0.4 is 4.72 Å². The van der Waals surface area contributed by atoms with Gasteiger partial charge in [0.15, 0.2) is 0 Å². The number of hydrogen-bond donors (Lipinski definition) is 2. The summed E-state index contributed by atoms with van der Waals surface area (Å²) in [6, 6.07) is 9.73. The molecule has 0 aliphatic carbocycles. The number of halogens is 1. The predicted octanol–water partition coefficient (Wildman–Crippen LogP) is 6.04. The molecule has 2 N–H and O–H groups in total. The van der Waals surface area contributed by atoms with E-state index in [1.807, 2.05) is 12.1 Å². The Kier molecular flexibility index (Phi) is 8.91. The lowest BCUT2D eigenvalue weighted by atomic mass is 9.89. The van der Waals surface area contributed by atoms with Crippen molar-refractivity contribution in [3.63, 3.8) is 0 Å². The molecule has 30 heavy (non-hydrogen) atoms. The second-order valence-electron chi connectivity index (χ2n) is 8.63. The van der Waals surface area contributed by atoms with Gasteiger partial charge < -0.3 is 5.11 Å². The third-order valence-electron chi connectivity index (χ3n) is 4.68. The van der Waals surface area contributed by atoms with Gasteiger partial charge in [-0.2, -0.15) is 0 Å². The van der Waals surface area contributed by atoms with Gasteiger partial charge in [-0.1, -0.05) is 38.8 Å². The van der Waals surface area contributed by atoms with Gasteiger partial charge in [0.25, 0.3) is 0 Å². The zero-order valence-electron chi connectivity index (χ0n) is 17.7. The van der Waals surface area contributed by atoms with Crippen molar-refractivity contribution in [1.29, 1.82) is 0 Å². The molecule has 1 atom stereocenters. The fourth-order valence-corrected chi connectivity index (χ4v) is 5.69. The van der Waals surface area contributed by atoms with Gasteiger partial charge in [0.1, 0.15) is 0 Å². The van der Waals surface area contributed by atoms with Crippen LogP contribution in [0.4, 0.5) is 0 Å². The van der Waals surface area contributed by atoms with Crippen molar-refractivity contribution in [2.24, 2.45) is 5.41 Å². The Morgan fingerprint density at radius 2 is 1.80 bits per heavy atom. The summed E-state index contributed by atoms with van der Waals surface area (Å²) in [5, 5.41) is 9.31. The van der Waals surface area contributed by atoms with Gasteiger partial charge in [-0.05, 0) is 67.5 Å². The van der Waals surface area contributed by atoms with E-state index in [4.69, 9.17) is 16.7 Å². The lowest BCUT2D eigenvalue weighted by Gasteiger charge is -2.21. The van der Waals surface area contributed by atoms with Gasteiger partial charge in [0, 0.05) is 21.2 Å². The molecule has 1 heterocycles. The highest BCUT2D eigenvalue weighted by Crippen LogP contribution is 2.32. The molecule has 0 amide bonds. The molecule has 0 aliphatic heterocycles. The highest BCUT2D eigenvalue weighted by molar-refractivity contribution is 7.89. The maximum Gasteiger partial charge on any atom is 0.303 e. The molecule has 166 valence electrons. The molecule has 1 aromatic carbocycles. The van der Waals surface area contributed by atoms with E-state index in [9.17, 15) is 13.2 Å². The van der Waals surface area contributed by atoms with Crippen molar-refractivity contribution >= 4 is 38.9 Å². The summed E-state index contributed by atoms with van der Waals surface area (Å²) in [6.07, 6.45) is 3.95. The van der Waals surface area contributed by atoms with Crippen molar-refractivity contribution < 1.29 is 18.3 Å². The van der Waals surface area contributed by atoms with Gasteiger partial charge in [0.2, 0.25) is 10.0 Å². The van der Waals surface area contributed by atoms with Crippen molar-refractivity contribution in [2.45, 2.75) is 70.2 Å². The molecule has 0 fully saturated rings. The topological polar surface area (TPSA) is 83.5 Å². The number of rotatable bonds is 11. The lowest BCUT2D eigenvalue weighted by molar-refractivity contribution is -0.137. The molecule has 0 aliphatic rings. The highest BCUT2D eigenvalue weighted by Gasteiger charge is 2.23. The monoisotopic (exact) mass is 471 g/mol. The predicted molar refractivity (Wildman–Crippen MR) is 123 cm³/mol. The second kappa shape index (κ2) is 10.8. The van der Waals surface area contributed by atoms with Gasteiger partial charge in [-0.15, -0.1) is 11.3 Å². The van der Waals surface area contributed by atoms with E-state index in [-0.39, 0.29) is 22.8 Å². The van der Waals surface area contributed by atoms with E-state index in [0.29, 0.717) is 24.3 Å². The number of carboxylic acid groups (broad SMARTS) is 1. The largest absolute Gasteiger partial charge is 0.481 e. The molecule has 0 radical (unpaired) electrons. The Bertz CT molecular complexity index is 931. The Morgan fingerprint density at radius 3 is 2.40 bits per heavy atom. The minimum Gasteiger partial charge on any atom is -0.481 e. The maximum atomic E-state index is 12.9. The highest BCUT2D eigenvalue weighted by atomic mass is 35.5. The third-order valence-corrected chi connectivity index (χ3v) is 7.68. The zero-order chi connectivity index (χ0) is 22.4. The van der Waals surface area contributed by atoms with Crippen molar-refractivity contribution in [3.05, 3.63) is 51.2 Å². The van der Waals surface area contributed by atoms with E-state index in [2.05, 4.69) is 25.5 Å². The van der Waals surface area contributed by atoms with Crippen molar-refractivity contribution in [2.75, 3.05) is 0 Å². The van der Waals surface area contributed by atoms with Crippen LogP contribution in [-0.4, -0.2) is 19.5 Å². The average molecular weight is 472 g/mol. The van der Waals surface area contributed by atoms with Crippen LogP contribution in [0.3, 0.4) is 0 Å². The zero-order valence-corrected chi connectivity index (χ0v) is 20.0. The first-order valence-electron chi connectivity index (χ1n) is 10.0. The van der Waals surface area contributed by atoms with Crippen molar-refractivity contribution in [3.8, 4) is 0 Å². The number of hydrogen-bond acceptors (Lipinski definition) is 4. The van der Waals surface area contributed by atoms with Crippen LogP contribution in [0.5, 0.6) is 0 Å². The Morgan fingerprint density at radius 1 is 1.13 bits per heavy atom. The first kappa shape index (κ1) is 24.9. The fraction of sp³-hybridized carbons (Fsp3) is 0.500. The molecule has 0 spiro atoms. The van der Waals surface area contributed by atoms with Gasteiger partial charge in [-0.25, -0.2) is 13.1 Å². The van der Waals surface area contributed by atoms with Crippen LogP contribution in [0.2, 0.25) is 5.02 Å². The summed E-state index contributed by atoms with van der Waals surface area (Å²) in [6.45, 7) is 6.52. The van der Waals surface area contributed by atoms with E-state index in [1.165, 1.54) is 12.1 Å². The molecule has 2 rings (SSSR count). The number of carboxylic acids is 1. The summed E-state index contributed by atoms with van der Waals surface area (Å²) in [5.41, 5.74) is 0.178. The van der Waals surface area contributed by atoms with E-state index in [0.717, 1.165) is 22.6 Å². The standard InChI is InChI=1S/C22H30ClNO4S2/c1-22(2,3)15-5-7-19(20-14-11-17(29-20)6-4-8-21(25)26)24-30(27,28)18-12-9-16(23)10-13-18/h9-14,19,24H,4-8,15H2,1-3H3,(H,25,26). The maximum absolute atomic E-state index is 12.9. The minimum atomic E-state index is -3.69. The number of aliphatic carboxylic acids is 1. The molecule has 0 bridgehead atoms. The van der Waals surface area contributed by atoms with Gasteiger partial charge in [-0.3, -0.25) is 4.79 Å². The number of sulfonamides is 1. The molecular weight excluding hydrogens is 442 g/mol. The second-order valence-corrected chi connectivity index (χ2v) is 12.0. The number of aryl methyl sites for hydroxylation is 1. The van der Waals surface area contributed by atoms with Crippen molar-refractivity contribution in [1.82, 2.24) is 4.72 Å². The quantitative estimate of drug-likeness (QED) is 0.418. The van der Waals surface area contributed by atoms with Crippen LogP contribution in [0.15, 0.2) is 41.3 Å². The summed E-state index contributed by atoms with van der Waals surface area (Å²) < 4.78 is 28.7. The molecule has 2 aromatic rings. The molecular formula is C22H30ClNO4S2. The molecule has 5 nitrogen and oxygen atoms in total. The van der Waals surface area contributed by atoms with Crippen LogP contribution in [0, 0.1) is 5.41 Å². The Balaban J connectivity index is 2.16. The number of thiophene rings is 1. The number of carbonyl (C=O) groups is 1. The SMILES string of the molecule is CC(C)(C)CCCC(NS(=O)(=O)c1ccc(Cl)cc1)c1ccc(CCCC(=O)O)s1. The van der Waals surface area contributed by atoms with E-state index >= 15 is 0 Å². The third kappa shape index (κ3) is 8.38. The Hall–Kier alpha value is -1.41. The summed E-state index contributed by atoms with van der Waals surface area (Å²) in [4.78, 5) is 12.9. The van der Waals surface area contributed by atoms with E-state index in [1.54, 1.807) is 23.5 Å². The molecule has 1 aromatic heterocycles. The fourth-order valence-electron chi connectivity index (χ4n) is 3.09. The van der Waals surface area contributed by atoms with Crippen LogP contribution in [0.1, 0.15) is 68.7 Å². The minimum absolute atomic E-state index is 0.130. The lowest BCUT2D eigenvalue weighted by Crippen LogP contribution is -2.28. The van der Waals surface area contributed by atoms with Gasteiger partial charge in [0.05, 0.1) is 10.9 Å². The molecule has 0 saturated heterocycles. The summed E-state index contributed by atoms with van der Waals surface area (Å²) in [7, 11) is -3.69. The molecule has 1 unspecified atom stereocenters. The smallest absolute Gasteiger partial charge is 0.303 e. The average Bonchev–Trinajstić information content (AvgIpc) is 3.08. The van der Waals surface area contributed by atoms with Crippen LogP contribution >= 0.6 is 22.9 Å². The normalized spacial score (nSPS) is 13.3. The summed E-state index contributed by atoms with van der Waals surface area (Å²) >= 11 is 7.44. The first-order chi connectivity index (χ1) is 14.0. The Labute approximate surface area is 188 Å². The number of benzene rings is 1. The first-order valence-corrected chi connectivity index (χ1v) is 12.7. The van der Waals surface area contributed by atoms with Gasteiger partial charge >= 0.3 is 5.97 Å². The number of nitrogens with one attached hydrogen (secondary N) is 1. The summed E-state index contributed by atoms with van der Waals surface area (Å²) in [5.74, 6) is -0.803. The van der Waals surface area contributed by atoms with Crippen LogP contribution in [-0.2, 0) is 21.2 Å². The molecule has 8 heteroatoms. The van der Waals surface area contributed by atoms with E-state index < -0.39 is 16.0 Å².